The maximum absolute atomic E-state index is 12.3. The Balaban J connectivity index is 1.96. The summed E-state index contributed by atoms with van der Waals surface area (Å²) in [6.45, 7) is 3.47. The second-order valence-electron chi connectivity index (χ2n) is 5.74. The Kier molecular flexibility index (Phi) is 6.40. The standard InChI is InChI=1S/C17H22N2O5S2/c1-13-4-6-15(7-5-13)25(20,21)18-10-11-19-26(22,23)16-8-9-17(24-3)14(2)12-16/h4-9,12,18-19H,10-11H2,1-3H3. The molecule has 0 amide bonds. The van der Waals surface area contributed by atoms with Gasteiger partial charge in [0.15, 0.2) is 0 Å². The van der Waals surface area contributed by atoms with Crippen molar-refractivity contribution in [3.8, 4) is 5.75 Å². The van der Waals surface area contributed by atoms with E-state index in [1.165, 1.54) is 31.4 Å². The third-order valence-electron chi connectivity index (χ3n) is 3.72. The van der Waals surface area contributed by atoms with E-state index in [4.69, 9.17) is 4.74 Å². The highest BCUT2D eigenvalue weighted by molar-refractivity contribution is 7.89. The van der Waals surface area contributed by atoms with Gasteiger partial charge in [0, 0.05) is 13.1 Å². The number of rotatable bonds is 8. The van der Waals surface area contributed by atoms with Crippen LogP contribution in [-0.4, -0.2) is 37.0 Å². The molecule has 2 rings (SSSR count). The van der Waals surface area contributed by atoms with Gasteiger partial charge in [0.25, 0.3) is 0 Å². The number of sulfonamides is 2. The van der Waals surface area contributed by atoms with Crippen LogP contribution in [-0.2, 0) is 20.0 Å². The maximum Gasteiger partial charge on any atom is 0.240 e. The van der Waals surface area contributed by atoms with E-state index in [0.29, 0.717) is 11.3 Å². The van der Waals surface area contributed by atoms with Crippen LogP contribution in [0.15, 0.2) is 52.3 Å². The van der Waals surface area contributed by atoms with E-state index in [1.807, 2.05) is 6.92 Å². The van der Waals surface area contributed by atoms with Crippen LogP contribution in [0.5, 0.6) is 5.75 Å². The predicted molar refractivity (Wildman–Crippen MR) is 99.3 cm³/mol. The molecule has 9 heteroatoms. The van der Waals surface area contributed by atoms with Crippen molar-refractivity contribution in [3.63, 3.8) is 0 Å². The lowest BCUT2D eigenvalue weighted by Gasteiger charge is -2.10. The Labute approximate surface area is 154 Å². The zero-order chi connectivity index (χ0) is 19.4. The average molecular weight is 399 g/mol. The van der Waals surface area contributed by atoms with E-state index < -0.39 is 20.0 Å². The number of methoxy groups -OCH3 is 1. The number of hydrogen-bond donors (Lipinski definition) is 2. The molecule has 0 fully saturated rings. The second-order valence-corrected chi connectivity index (χ2v) is 9.27. The first-order valence-corrected chi connectivity index (χ1v) is 10.8. The SMILES string of the molecule is COc1ccc(S(=O)(=O)NCCNS(=O)(=O)c2ccc(C)cc2)cc1C. The molecule has 142 valence electrons. The maximum atomic E-state index is 12.3. The summed E-state index contributed by atoms with van der Waals surface area (Å²) in [7, 11) is -5.90. The Hall–Kier alpha value is -1.94. The molecular weight excluding hydrogens is 376 g/mol. The monoisotopic (exact) mass is 398 g/mol. The molecule has 7 nitrogen and oxygen atoms in total. The van der Waals surface area contributed by atoms with Gasteiger partial charge in [-0.15, -0.1) is 0 Å². The largest absolute Gasteiger partial charge is 0.496 e. The molecule has 2 aromatic rings. The molecule has 0 saturated heterocycles. The van der Waals surface area contributed by atoms with E-state index in [-0.39, 0.29) is 22.9 Å². The van der Waals surface area contributed by atoms with Crippen LogP contribution < -0.4 is 14.2 Å². The molecule has 2 N–H and O–H groups in total. The van der Waals surface area contributed by atoms with Crippen molar-refractivity contribution in [2.45, 2.75) is 23.6 Å². The fourth-order valence-electron chi connectivity index (χ4n) is 2.27. The molecule has 2 aromatic carbocycles. The molecule has 0 aliphatic heterocycles. The van der Waals surface area contributed by atoms with Crippen molar-refractivity contribution in [1.29, 1.82) is 0 Å². The van der Waals surface area contributed by atoms with Gasteiger partial charge < -0.3 is 4.74 Å². The molecule has 0 radical (unpaired) electrons. The highest BCUT2D eigenvalue weighted by Crippen LogP contribution is 2.21. The minimum atomic E-state index is -3.74. The number of aryl methyl sites for hydroxylation is 2. The molecule has 26 heavy (non-hydrogen) atoms. The van der Waals surface area contributed by atoms with Gasteiger partial charge in [0.2, 0.25) is 20.0 Å². The van der Waals surface area contributed by atoms with E-state index >= 15 is 0 Å². The van der Waals surface area contributed by atoms with Crippen LogP contribution in [0.4, 0.5) is 0 Å². The van der Waals surface area contributed by atoms with Gasteiger partial charge in [0.1, 0.15) is 5.75 Å². The van der Waals surface area contributed by atoms with Gasteiger partial charge in [-0.3, -0.25) is 0 Å². The van der Waals surface area contributed by atoms with Gasteiger partial charge in [0.05, 0.1) is 16.9 Å². The first-order chi connectivity index (χ1) is 12.2. The number of ether oxygens (including phenoxy) is 1. The second kappa shape index (κ2) is 8.17. The molecule has 0 heterocycles. The van der Waals surface area contributed by atoms with Crippen LogP contribution >= 0.6 is 0 Å². The third-order valence-corrected chi connectivity index (χ3v) is 6.65. The zero-order valence-corrected chi connectivity index (χ0v) is 16.4. The molecule has 0 saturated carbocycles. The highest BCUT2D eigenvalue weighted by atomic mass is 32.2. The Morgan fingerprint density at radius 1 is 0.808 bits per heavy atom. The molecule has 0 aromatic heterocycles. The third kappa shape index (κ3) is 5.04. The van der Waals surface area contributed by atoms with Crippen molar-refractivity contribution in [2.24, 2.45) is 0 Å². The van der Waals surface area contributed by atoms with Gasteiger partial charge in [-0.25, -0.2) is 26.3 Å². The highest BCUT2D eigenvalue weighted by Gasteiger charge is 2.16. The van der Waals surface area contributed by atoms with E-state index in [9.17, 15) is 16.8 Å². The van der Waals surface area contributed by atoms with Crippen molar-refractivity contribution in [1.82, 2.24) is 9.44 Å². The summed E-state index contributed by atoms with van der Waals surface area (Å²) < 4.78 is 58.7. The van der Waals surface area contributed by atoms with Crippen molar-refractivity contribution in [2.75, 3.05) is 20.2 Å². The van der Waals surface area contributed by atoms with E-state index in [1.54, 1.807) is 25.1 Å². The van der Waals surface area contributed by atoms with Crippen LogP contribution in [0, 0.1) is 13.8 Å². The minimum Gasteiger partial charge on any atom is -0.496 e. The smallest absolute Gasteiger partial charge is 0.240 e. The summed E-state index contributed by atoms with van der Waals surface area (Å²) in [6.07, 6.45) is 0. The quantitative estimate of drug-likeness (QED) is 0.657. The van der Waals surface area contributed by atoms with Crippen LogP contribution in [0.2, 0.25) is 0 Å². The summed E-state index contributed by atoms with van der Waals surface area (Å²) in [5.41, 5.74) is 1.64. The van der Waals surface area contributed by atoms with Gasteiger partial charge in [-0.2, -0.15) is 0 Å². The molecule has 0 atom stereocenters. The van der Waals surface area contributed by atoms with Gasteiger partial charge >= 0.3 is 0 Å². The summed E-state index contributed by atoms with van der Waals surface area (Å²) >= 11 is 0. The lowest BCUT2D eigenvalue weighted by molar-refractivity contribution is 0.411. The molecule has 0 aliphatic carbocycles. The predicted octanol–water partition coefficient (Wildman–Crippen LogP) is 1.57. The van der Waals surface area contributed by atoms with Gasteiger partial charge in [-0.1, -0.05) is 17.7 Å². The minimum absolute atomic E-state index is 0.0649. The van der Waals surface area contributed by atoms with Crippen molar-refractivity contribution in [3.05, 3.63) is 53.6 Å². The summed E-state index contributed by atoms with van der Waals surface area (Å²) in [5.74, 6) is 0.592. The molecule has 0 unspecified atom stereocenters. The summed E-state index contributed by atoms with van der Waals surface area (Å²) in [5, 5.41) is 0. The van der Waals surface area contributed by atoms with Crippen molar-refractivity contribution >= 4 is 20.0 Å². The first-order valence-electron chi connectivity index (χ1n) is 7.86. The fraction of sp³-hybridized carbons (Fsp3) is 0.294. The lowest BCUT2D eigenvalue weighted by Crippen LogP contribution is -2.34. The number of benzene rings is 2. The Bertz CT molecular complexity index is 969. The number of hydrogen-bond acceptors (Lipinski definition) is 5. The topological polar surface area (TPSA) is 102 Å². The Morgan fingerprint density at radius 2 is 1.31 bits per heavy atom. The Morgan fingerprint density at radius 3 is 1.81 bits per heavy atom. The first kappa shape index (κ1) is 20.4. The number of nitrogens with one attached hydrogen (secondary N) is 2. The molecule has 0 bridgehead atoms. The van der Waals surface area contributed by atoms with E-state index in [0.717, 1.165) is 5.56 Å². The zero-order valence-electron chi connectivity index (χ0n) is 14.8. The molecule has 0 aliphatic rings. The summed E-state index contributed by atoms with van der Waals surface area (Å²) in [6, 6.07) is 10.9. The molecule has 0 spiro atoms. The molecular formula is C17H22N2O5S2. The summed E-state index contributed by atoms with van der Waals surface area (Å²) in [4.78, 5) is 0.230. The normalized spacial score (nSPS) is 12.1. The van der Waals surface area contributed by atoms with Crippen LogP contribution in [0.25, 0.3) is 0 Å². The van der Waals surface area contributed by atoms with Crippen LogP contribution in [0.1, 0.15) is 11.1 Å². The van der Waals surface area contributed by atoms with Crippen LogP contribution in [0.3, 0.4) is 0 Å². The van der Waals surface area contributed by atoms with E-state index in [2.05, 4.69) is 9.44 Å². The van der Waals surface area contributed by atoms with Crippen molar-refractivity contribution < 1.29 is 21.6 Å². The lowest BCUT2D eigenvalue weighted by atomic mass is 10.2. The van der Waals surface area contributed by atoms with Gasteiger partial charge in [-0.05, 0) is 49.7 Å². The fourth-order valence-corrected chi connectivity index (χ4v) is 4.42. The average Bonchev–Trinajstić information content (AvgIpc) is 2.59.